The van der Waals surface area contributed by atoms with E-state index in [-0.39, 0.29) is 6.10 Å². The third-order valence-electron chi connectivity index (χ3n) is 4.57. The summed E-state index contributed by atoms with van der Waals surface area (Å²) in [5, 5.41) is 0. The average molecular weight is 261 g/mol. The van der Waals surface area contributed by atoms with Crippen molar-refractivity contribution in [2.24, 2.45) is 17.6 Å². The average Bonchev–Trinajstić information content (AvgIpc) is 2.41. The second-order valence-electron chi connectivity index (χ2n) is 6.16. The van der Waals surface area contributed by atoms with E-state index in [1.165, 1.54) is 30.4 Å². The molecule has 0 saturated heterocycles. The normalized spacial score (nSPS) is 29.2. The molecule has 106 valence electrons. The standard InChI is InChI=1S/C17H27NO/c1-12-4-7-15(8-5-12)17(11-18)19-16-9-6-13(2)14(3)10-16/h4-5,7-8,13-14,16-17H,6,9-11,18H2,1-3H3. The zero-order valence-corrected chi connectivity index (χ0v) is 12.4. The Morgan fingerprint density at radius 2 is 1.84 bits per heavy atom. The van der Waals surface area contributed by atoms with Crippen molar-refractivity contribution in [2.75, 3.05) is 6.54 Å². The minimum atomic E-state index is 0.0474. The van der Waals surface area contributed by atoms with Crippen LogP contribution < -0.4 is 5.73 Å². The SMILES string of the molecule is Cc1ccc(C(CN)OC2CCC(C)C(C)C2)cc1. The predicted octanol–water partition coefficient (Wildman–Crippen LogP) is 3.84. The van der Waals surface area contributed by atoms with E-state index in [9.17, 15) is 0 Å². The Labute approximate surface area is 117 Å². The first-order chi connectivity index (χ1) is 9.10. The molecule has 0 heterocycles. The molecule has 0 bridgehead atoms. The smallest absolute Gasteiger partial charge is 0.0950 e. The van der Waals surface area contributed by atoms with E-state index in [1.807, 2.05) is 0 Å². The minimum Gasteiger partial charge on any atom is -0.369 e. The van der Waals surface area contributed by atoms with Gasteiger partial charge in [0.05, 0.1) is 12.2 Å². The number of nitrogens with two attached hydrogens (primary N) is 1. The van der Waals surface area contributed by atoms with Crippen molar-refractivity contribution in [3.05, 3.63) is 35.4 Å². The molecule has 1 saturated carbocycles. The van der Waals surface area contributed by atoms with Crippen molar-refractivity contribution < 1.29 is 4.74 Å². The molecule has 0 aliphatic heterocycles. The summed E-state index contributed by atoms with van der Waals surface area (Å²) in [7, 11) is 0. The highest BCUT2D eigenvalue weighted by Crippen LogP contribution is 2.33. The van der Waals surface area contributed by atoms with E-state index >= 15 is 0 Å². The van der Waals surface area contributed by atoms with Gasteiger partial charge >= 0.3 is 0 Å². The molecule has 2 rings (SSSR count). The Balaban J connectivity index is 1.97. The highest BCUT2D eigenvalue weighted by molar-refractivity contribution is 5.23. The first kappa shape index (κ1) is 14.5. The highest BCUT2D eigenvalue weighted by Gasteiger charge is 2.27. The lowest BCUT2D eigenvalue weighted by atomic mass is 9.80. The van der Waals surface area contributed by atoms with Crippen LogP contribution >= 0.6 is 0 Å². The van der Waals surface area contributed by atoms with Gasteiger partial charge in [-0.2, -0.15) is 0 Å². The molecule has 2 N–H and O–H groups in total. The van der Waals surface area contributed by atoms with Crippen LogP contribution in [-0.2, 0) is 4.74 Å². The quantitative estimate of drug-likeness (QED) is 0.894. The Kier molecular flexibility index (Phi) is 5.00. The van der Waals surface area contributed by atoms with Crippen LogP contribution in [-0.4, -0.2) is 12.6 Å². The predicted molar refractivity (Wildman–Crippen MR) is 80.0 cm³/mol. The lowest BCUT2D eigenvalue weighted by molar-refractivity contribution is -0.0449. The summed E-state index contributed by atoms with van der Waals surface area (Å²) in [6.45, 7) is 7.35. The summed E-state index contributed by atoms with van der Waals surface area (Å²) < 4.78 is 6.26. The van der Waals surface area contributed by atoms with Gasteiger partial charge in [0, 0.05) is 6.54 Å². The molecule has 19 heavy (non-hydrogen) atoms. The Hall–Kier alpha value is -0.860. The van der Waals surface area contributed by atoms with Gasteiger partial charge in [-0.1, -0.05) is 43.7 Å². The van der Waals surface area contributed by atoms with Gasteiger partial charge in [0.1, 0.15) is 0 Å². The molecular weight excluding hydrogens is 234 g/mol. The van der Waals surface area contributed by atoms with Gasteiger partial charge in [-0.3, -0.25) is 0 Å². The molecule has 1 aliphatic rings. The van der Waals surface area contributed by atoms with Crippen molar-refractivity contribution in [1.29, 1.82) is 0 Å². The maximum Gasteiger partial charge on any atom is 0.0950 e. The number of hydrogen-bond donors (Lipinski definition) is 1. The van der Waals surface area contributed by atoms with E-state index in [0.717, 1.165) is 11.8 Å². The molecular formula is C17H27NO. The fourth-order valence-electron chi connectivity index (χ4n) is 2.91. The summed E-state index contributed by atoms with van der Waals surface area (Å²) in [5.41, 5.74) is 8.38. The lowest BCUT2D eigenvalue weighted by Gasteiger charge is -2.34. The van der Waals surface area contributed by atoms with Crippen LogP contribution in [0.15, 0.2) is 24.3 Å². The highest BCUT2D eigenvalue weighted by atomic mass is 16.5. The second-order valence-corrected chi connectivity index (χ2v) is 6.16. The maximum absolute atomic E-state index is 6.26. The third-order valence-corrected chi connectivity index (χ3v) is 4.57. The van der Waals surface area contributed by atoms with Crippen molar-refractivity contribution >= 4 is 0 Å². The molecule has 4 unspecified atom stereocenters. The molecule has 0 radical (unpaired) electrons. The summed E-state index contributed by atoms with van der Waals surface area (Å²) in [5.74, 6) is 1.59. The van der Waals surface area contributed by atoms with Gasteiger partial charge in [0.2, 0.25) is 0 Å². The zero-order chi connectivity index (χ0) is 13.8. The van der Waals surface area contributed by atoms with Crippen LogP contribution in [0.5, 0.6) is 0 Å². The number of rotatable bonds is 4. The second kappa shape index (κ2) is 6.53. The van der Waals surface area contributed by atoms with Crippen LogP contribution in [0.4, 0.5) is 0 Å². The molecule has 1 fully saturated rings. The summed E-state index contributed by atoms with van der Waals surface area (Å²) >= 11 is 0. The minimum absolute atomic E-state index is 0.0474. The molecule has 1 aromatic carbocycles. The molecule has 0 spiro atoms. The molecule has 2 nitrogen and oxygen atoms in total. The van der Waals surface area contributed by atoms with Crippen LogP contribution in [0.1, 0.15) is 50.3 Å². The number of hydrogen-bond acceptors (Lipinski definition) is 2. The van der Waals surface area contributed by atoms with Gasteiger partial charge in [-0.15, -0.1) is 0 Å². The van der Waals surface area contributed by atoms with Gasteiger partial charge < -0.3 is 10.5 Å². The van der Waals surface area contributed by atoms with Crippen LogP contribution in [0.25, 0.3) is 0 Å². The van der Waals surface area contributed by atoms with Crippen molar-refractivity contribution in [3.8, 4) is 0 Å². The van der Waals surface area contributed by atoms with E-state index in [1.54, 1.807) is 0 Å². The molecule has 2 heteroatoms. The summed E-state index contributed by atoms with van der Waals surface area (Å²) in [4.78, 5) is 0. The monoisotopic (exact) mass is 261 g/mol. The van der Waals surface area contributed by atoms with Crippen molar-refractivity contribution in [3.63, 3.8) is 0 Å². The summed E-state index contributed by atoms with van der Waals surface area (Å²) in [6.07, 6.45) is 4.04. The first-order valence-corrected chi connectivity index (χ1v) is 7.52. The molecule has 4 atom stereocenters. The van der Waals surface area contributed by atoms with Crippen molar-refractivity contribution in [1.82, 2.24) is 0 Å². The zero-order valence-electron chi connectivity index (χ0n) is 12.4. The lowest BCUT2D eigenvalue weighted by Crippen LogP contribution is -2.30. The number of benzene rings is 1. The fourth-order valence-corrected chi connectivity index (χ4v) is 2.91. The summed E-state index contributed by atoms with van der Waals surface area (Å²) in [6, 6.07) is 8.54. The van der Waals surface area contributed by atoms with E-state index in [0.29, 0.717) is 12.6 Å². The van der Waals surface area contributed by atoms with Crippen LogP contribution in [0, 0.1) is 18.8 Å². The fraction of sp³-hybridized carbons (Fsp3) is 0.647. The van der Waals surface area contributed by atoms with Gasteiger partial charge in [0.25, 0.3) is 0 Å². The van der Waals surface area contributed by atoms with Crippen molar-refractivity contribution in [2.45, 2.75) is 52.2 Å². The Morgan fingerprint density at radius 3 is 2.42 bits per heavy atom. The van der Waals surface area contributed by atoms with E-state index < -0.39 is 0 Å². The maximum atomic E-state index is 6.26. The van der Waals surface area contributed by atoms with E-state index in [2.05, 4.69) is 45.0 Å². The number of ether oxygens (including phenoxy) is 1. The van der Waals surface area contributed by atoms with Crippen LogP contribution in [0.2, 0.25) is 0 Å². The third kappa shape index (κ3) is 3.80. The van der Waals surface area contributed by atoms with E-state index in [4.69, 9.17) is 10.5 Å². The number of aryl methyl sites for hydroxylation is 1. The molecule has 0 aromatic heterocycles. The Morgan fingerprint density at radius 1 is 1.16 bits per heavy atom. The first-order valence-electron chi connectivity index (χ1n) is 7.52. The molecule has 1 aliphatic carbocycles. The topological polar surface area (TPSA) is 35.2 Å². The Bertz CT molecular complexity index is 387. The molecule has 0 amide bonds. The van der Waals surface area contributed by atoms with Gasteiger partial charge in [0.15, 0.2) is 0 Å². The largest absolute Gasteiger partial charge is 0.369 e. The van der Waals surface area contributed by atoms with Gasteiger partial charge in [-0.05, 0) is 43.6 Å². The van der Waals surface area contributed by atoms with Gasteiger partial charge in [-0.25, -0.2) is 0 Å². The molecule has 1 aromatic rings. The van der Waals surface area contributed by atoms with Crippen LogP contribution in [0.3, 0.4) is 0 Å².